The molecule has 0 bridgehead atoms. The molecule has 17 heavy (non-hydrogen) atoms. The molecule has 0 N–H and O–H groups in total. The van der Waals surface area contributed by atoms with Gasteiger partial charge in [0.15, 0.2) is 0 Å². The molecule has 1 aromatic rings. The molecule has 1 saturated carbocycles. The molecular weight excluding hydrogens is 208 g/mol. The van der Waals surface area contributed by atoms with E-state index in [1.165, 1.54) is 30.4 Å². The fourth-order valence-electron chi connectivity index (χ4n) is 2.77. The highest BCUT2D eigenvalue weighted by Crippen LogP contribution is 2.29. The fourth-order valence-corrected chi connectivity index (χ4v) is 2.77. The molecule has 2 rings (SSSR count). The summed E-state index contributed by atoms with van der Waals surface area (Å²) in [4.78, 5) is 12.1. The van der Waals surface area contributed by atoms with E-state index in [-0.39, 0.29) is 5.92 Å². The third-order valence-corrected chi connectivity index (χ3v) is 3.70. The highest BCUT2D eigenvalue weighted by atomic mass is 16.1. The Balaban J connectivity index is 2.19. The van der Waals surface area contributed by atoms with Gasteiger partial charge in [-0.1, -0.05) is 50.5 Å². The number of rotatable bonds is 3. The van der Waals surface area contributed by atoms with Crippen molar-refractivity contribution in [2.45, 2.75) is 57.8 Å². The van der Waals surface area contributed by atoms with E-state index in [1.807, 2.05) is 0 Å². The van der Waals surface area contributed by atoms with Crippen LogP contribution in [0.15, 0.2) is 24.3 Å². The summed E-state index contributed by atoms with van der Waals surface area (Å²) in [5.74, 6) is 0.630. The molecule has 92 valence electrons. The Bertz CT molecular complexity index is 381. The van der Waals surface area contributed by atoms with E-state index in [1.54, 1.807) is 0 Å². The molecule has 1 aliphatic carbocycles. The second kappa shape index (κ2) is 6.00. The van der Waals surface area contributed by atoms with Crippen LogP contribution < -0.4 is 0 Å². The molecule has 1 aliphatic rings. The number of carbonyl (C=O) groups is 1. The summed E-state index contributed by atoms with van der Waals surface area (Å²) >= 11 is 0. The Morgan fingerprint density at radius 2 is 2.12 bits per heavy atom. The Labute approximate surface area is 104 Å². The minimum Gasteiger partial charge on any atom is -0.299 e. The third-order valence-electron chi connectivity index (χ3n) is 3.70. The van der Waals surface area contributed by atoms with Crippen LogP contribution in [0.4, 0.5) is 0 Å². The summed E-state index contributed by atoms with van der Waals surface area (Å²) in [5.41, 5.74) is 2.63. The van der Waals surface area contributed by atoms with Crippen molar-refractivity contribution in [2.75, 3.05) is 0 Å². The second-order valence-electron chi connectivity index (χ2n) is 5.11. The smallest absolute Gasteiger partial charge is 0.140 e. The number of benzene rings is 1. The van der Waals surface area contributed by atoms with E-state index in [4.69, 9.17) is 0 Å². The van der Waals surface area contributed by atoms with Crippen molar-refractivity contribution in [1.29, 1.82) is 0 Å². The zero-order valence-corrected chi connectivity index (χ0v) is 10.7. The van der Waals surface area contributed by atoms with Gasteiger partial charge in [0.2, 0.25) is 0 Å². The van der Waals surface area contributed by atoms with E-state index < -0.39 is 0 Å². The summed E-state index contributed by atoms with van der Waals surface area (Å²) in [7, 11) is 0. The number of hydrogen-bond donors (Lipinski definition) is 0. The van der Waals surface area contributed by atoms with Crippen molar-refractivity contribution < 1.29 is 4.79 Å². The molecule has 1 fully saturated rings. The molecule has 1 atom stereocenters. The summed E-state index contributed by atoms with van der Waals surface area (Å²) in [6.07, 6.45) is 7.63. The Kier molecular flexibility index (Phi) is 4.36. The van der Waals surface area contributed by atoms with Crippen LogP contribution in [0.5, 0.6) is 0 Å². The summed E-state index contributed by atoms with van der Waals surface area (Å²) < 4.78 is 0. The van der Waals surface area contributed by atoms with Crippen LogP contribution in [-0.2, 0) is 11.2 Å². The highest BCUT2D eigenvalue weighted by Gasteiger charge is 2.22. The first-order chi connectivity index (χ1) is 8.31. The largest absolute Gasteiger partial charge is 0.299 e. The van der Waals surface area contributed by atoms with Crippen LogP contribution in [0.2, 0.25) is 0 Å². The first-order valence-electron chi connectivity index (χ1n) is 6.93. The molecule has 1 unspecified atom stereocenters. The van der Waals surface area contributed by atoms with Crippen LogP contribution in [0.25, 0.3) is 0 Å². The van der Waals surface area contributed by atoms with Gasteiger partial charge in [0.1, 0.15) is 5.78 Å². The lowest BCUT2D eigenvalue weighted by atomic mass is 9.89. The van der Waals surface area contributed by atoms with Crippen LogP contribution in [0, 0.1) is 0 Å². The Hall–Kier alpha value is -1.11. The SMILES string of the molecule is CCCc1cccc(C2CCCCCC2=O)c1. The van der Waals surface area contributed by atoms with Crippen molar-refractivity contribution in [3.05, 3.63) is 35.4 Å². The van der Waals surface area contributed by atoms with Crippen LogP contribution >= 0.6 is 0 Å². The molecule has 0 radical (unpaired) electrons. The van der Waals surface area contributed by atoms with Crippen LogP contribution in [0.3, 0.4) is 0 Å². The quantitative estimate of drug-likeness (QED) is 0.709. The minimum absolute atomic E-state index is 0.175. The third kappa shape index (κ3) is 3.18. The van der Waals surface area contributed by atoms with Crippen molar-refractivity contribution in [2.24, 2.45) is 0 Å². The van der Waals surface area contributed by atoms with E-state index >= 15 is 0 Å². The van der Waals surface area contributed by atoms with E-state index in [9.17, 15) is 4.79 Å². The Morgan fingerprint density at radius 1 is 1.24 bits per heavy atom. The lowest BCUT2D eigenvalue weighted by Crippen LogP contribution is -2.10. The minimum atomic E-state index is 0.175. The van der Waals surface area contributed by atoms with Crippen molar-refractivity contribution in [1.82, 2.24) is 0 Å². The van der Waals surface area contributed by atoms with E-state index in [0.29, 0.717) is 5.78 Å². The molecular formula is C16H22O. The lowest BCUT2D eigenvalue weighted by Gasteiger charge is -2.14. The van der Waals surface area contributed by atoms with Gasteiger partial charge < -0.3 is 0 Å². The number of hydrogen-bond acceptors (Lipinski definition) is 1. The fraction of sp³-hybridized carbons (Fsp3) is 0.562. The molecule has 0 aromatic heterocycles. The maximum atomic E-state index is 12.1. The molecule has 1 nitrogen and oxygen atoms in total. The van der Waals surface area contributed by atoms with E-state index in [2.05, 4.69) is 31.2 Å². The van der Waals surface area contributed by atoms with Crippen LogP contribution in [-0.4, -0.2) is 5.78 Å². The maximum absolute atomic E-state index is 12.1. The average molecular weight is 230 g/mol. The molecule has 0 spiro atoms. The van der Waals surface area contributed by atoms with Gasteiger partial charge in [-0.3, -0.25) is 4.79 Å². The van der Waals surface area contributed by atoms with Gasteiger partial charge in [-0.2, -0.15) is 0 Å². The van der Waals surface area contributed by atoms with Crippen molar-refractivity contribution in [3.8, 4) is 0 Å². The lowest BCUT2D eigenvalue weighted by molar-refractivity contribution is -0.120. The normalized spacial score (nSPS) is 21.2. The number of aryl methyl sites for hydroxylation is 1. The zero-order valence-electron chi connectivity index (χ0n) is 10.7. The molecule has 0 heterocycles. The monoisotopic (exact) mass is 230 g/mol. The van der Waals surface area contributed by atoms with Gasteiger partial charge in [0.05, 0.1) is 0 Å². The number of Topliss-reactive ketones (excluding diaryl/α,β-unsaturated/α-hetero) is 1. The molecule has 0 amide bonds. The summed E-state index contributed by atoms with van der Waals surface area (Å²) in [6, 6.07) is 8.66. The molecule has 1 aromatic carbocycles. The first kappa shape index (κ1) is 12.3. The second-order valence-corrected chi connectivity index (χ2v) is 5.11. The molecule has 1 heteroatoms. The van der Waals surface area contributed by atoms with Gasteiger partial charge in [0.25, 0.3) is 0 Å². The Morgan fingerprint density at radius 3 is 2.94 bits per heavy atom. The van der Waals surface area contributed by atoms with Crippen molar-refractivity contribution in [3.63, 3.8) is 0 Å². The number of carbonyl (C=O) groups excluding carboxylic acids is 1. The highest BCUT2D eigenvalue weighted by molar-refractivity contribution is 5.85. The summed E-state index contributed by atoms with van der Waals surface area (Å²) in [5, 5.41) is 0. The van der Waals surface area contributed by atoms with Gasteiger partial charge in [-0.05, 0) is 30.4 Å². The predicted octanol–water partition coefficient (Wildman–Crippen LogP) is 4.26. The van der Waals surface area contributed by atoms with Gasteiger partial charge >= 0.3 is 0 Å². The average Bonchev–Trinajstić information content (AvgIpc) is 2.55. The topological polar surface area (TPSA) is 17.1 Å². The standard InChI is InChI=1S/C16H22O/c1-2-7-13-8-6-9-14(12-13)15-10-4-3-5-11-16(15)17/h6,8-9,12,15H,2-5,7,10-11H2,1H3. The van der Waals surface area contributed by atoms with Gasteiger partial charge in [-0.25, -0.2) is 0 Å². The predicted molar refractivity (Wildman–Crippen MR) is 71.3 cm³/mol. The first-order valence-corrected chi connectivity index (χ1v) is 6.93. The van der Waals surface area contributed by atoms with Gasteiger partial charge in [-0.15, -0.1) is 0 Å². The summed E-state index contributed by atoms with van der Waals surface area (Å²) in [6.45, 7) is 2.20. The van der Waals surface area contributed by atoms with E-state index in [0.717, 1.165) is 25.7 Å². The van der Waals surface area contributed by atoms with Crippen molar-refractivity contribution >= 4 is 5.78 Å². The van der Waals surface area contributed by atoms with Crippen LogP contribution in [0.1, 0.15) is 62.5 Å². The maximum Gasteiger partial charge on any atom is 0.140 e. The molecule has 0 saturated heterocycles. The zero-order chi connectivity index (χ0) is 12.1. The number of ketones is 1. The molecule has 0 aliphatic heterocycles. The van der Waals surface area contributed by atoms with Gasteiger partial charge in [0, 0.05) is 12.3 Å².